The molecule has 0 spiro atoms. The fraction of sp³-hybridized carbons (Fsp3) is 0.0800. The molecule has 0 aliphatic carbocycles. The molecule has 0 aliphatic rings. The van der Waals surface area contributed by atoms with Gasteiger partial charge in [0.25, 0.3) is 5.56 Å². The van der Waals surface area contributed by atoms with Gasteiger partial charge in [-0.2, -0.15) is 0 Å². The number of amidine groups is 2. The van der Waals surface area contributed by atoms with E-state index < -0.39 is 0 Å². The molecule has 160 valence electrons. The first-order valence-electron chi connectivity index (χ1n) is 10.0. The van der Waals surface area contributed by atoms with E-state index in [1.807, 2.05) is 54.6 Å². The first-order chi connectivity index (χ1) is 15.4. The topological polar surface area (TPSA) is 131 Å². The first kappa shape index (κ1) is 20.9. The van der Waals surface area contributed by atoms with Gasteiger partial charge in [-0.25, -0.2) is 0 Å². The van der Waals surface area contributed by atoms with Crippen LogP contribution in [0.25, 0.3) is 10.9 Å². The molecule has 0 fully saturated rings. The van der Waals surface area contributed by atoms with Gasteiger partial charge in [0.15, 0.2) is 0 Å². The van der Waals surface area contributed by atoms with Crippen LogP contribution in [0.2, 0.25) is 0 Å². The van der Waals surface area contributed by atoms with E-state index in [1.165, 1.54) is 6.07 Å². The van der Waals surface area contributed by atoms with Gasteiger partial charge in [0, 0.05) is 22.6 Å². The second kappa shape index (κ2) is 8.77. The van der Waals surface area contributed by atoms with Crippen LogP contribution in [0.5, 0.6) is 5.75 Å². The van der Waals surface area contributed by atoms with E-state index in [1.54, 1.807) is 22.8 Å². The largest absolute Gasteiger partial charge is 0.489 e. The number of pyridine rings is 1. The molecule has 0 saturated heterocycles. The fourth-order valence-electron chi connectivity index (χ4n) is 3.55. The number of aromatic nitrogens is 1. The summed E-state index contributed by atoms with van der Waals surface area (Å²) in [6.45, 7) is 0.708. The second-order valence-corrected chi connectivity index (χ2v) is 7.50. The SMILES string of the molecule is N=C(N)c1cccc(COc2ccc3c(ccc(=O)n3Cc3cccc(C(=N)N)c3)c2)c1. The van der Waals surface area contributed by atoms with E-state index >= 15 is 0 Å². The molecule has 3 aromatic carbocycles. The van der Waals surface area contributed by atoms with Gasteiger partial charge in [0.2, 0.25) is 0 Å². The summed E-state index contributed by atoms with van der Waals surface area (Å²) in [4.78, 5) is 12.6. The molecule has 4 aromatic rings. The minimum Gasteiger partial charge on any atom is -0.489 e. The number of rotatable bonds is 7. The standard InChI is InChI=1S/C25H23N5O2/c26-24(27)19-5-1-3-16(11-19)14-30-22-9-8-21(13-18(22)7-10-23(30)31)32-15-17-4-2-6-20(12-17)25(28)29/h1-13H,14-15H2,(H3,26,27)(H3,28,29). The lowest BCUT2D eigenvalue weighted by Crippen LogP contribution is -2.20. The van der Waals surface area contributed by atoms with Crippen molar-refractivity contribution < 1.29 is 4.74 Å². The second-order valence-electron chi connectivity index (χ2n) is 7.50. The summed E-state index contributed by atoms with van der Waals surface area (Å²) in [5, 5.41) is 16.1. The van der Waals surface area contributed by atoms with Crippen LogP contribution in [-0.2, 0) is 13.2 Å². The van der Waals surface area contributed by atoms with Crippen LogP contribution in [0.15, 0.2) is 83.7 Å². The molecule has 7 nitrogen and oxygen atoms in total. The maximum Gasteiger partial charge on any atom is 0.251 e. The maximum absolute atomic E-state index is 12.6. The molecule has 0 saturated carbocycles. The average Bonchev–Trinajstić information content (AvgIpc) is 2.80. The quantitative estimate of drug-likeness (QED) is 0.267. The van der Waals surface area contributed by atoms with Crippen LogP contribution in [0.1, 0.15) is 22.3 Å². The van der Waals surface area contributed by atoms with Crippen molar-refractivity contribution in [2.45, 2.75) is 13.2 Å². The predicted octanol–water partition coefficient (Wildman–Crippen LogP) is 3.20. The third kappa shape index (κ3) is 4.52. The van der Waals surface area contributed by atoms with Crippen LogP contribution in [-0.4, -0.2) is 16.2 Å². The van der Waals surface area contributed by atoms with Crippen molar-refractivity contribution in [1.82, 2.24) is 4.57 Å². The lowest BCUT2D eigenvalue weighted by atomic mass is 10.1. The summed E-state index contributed by atoms with van der Waals surface area (Å²) in [6, 6.07) is 23.6. The van der Waals surface area contributed by atoms with E-state index in [2.05, 4.69) is 0 Å². The number of nitrogens with zero attached hydrogens (tertiary/aromatic N) is 1. The number of nitrogens with two attached hydrogens (primary N) is 2. The van der Waals surface area contributed by atoms with Crippen LogP contribution < -0.4 is 21.8 Å². The molecule has 6 N–H and O–H groups in total. The normalized spacial score (nSPS) is 10.8. The highest BCUT2D eigenvalue weighted by molar-refractivity contribution is 5.95. The van der Waals surface area contributed by atoms with E-state index in [4.69, 9.17) is 27.0 Å². The van der Waals surface area contributed by atoms with Gasteiger partial charge in [-0.15, -0.1) is 0 Å². The first-order valence-corrected chi connectivity index (χ1v) is 10.0. The number of benzene rings is 3. The summed E-state index contributed by atoms with van der Waals surface area (Å²) < 4.78 is 7.62. The third-order valence-electron chi connectivity index (χ3n) is 5.18. The number of hydrogen-bond donors (Lipinski definition) is 4. The number of nitrogen functional groups attached to an aromatic ring is 2. The van der Waals surface area contributed by atoms with Crippen LogP contribution in [0.3, 0.4) is 0 Å². The molecule has 0 atom stereocenters. The van der Waals surface area contributed by atoms with Gasteiger partial charge < -0.3 is 20.8 Å². The highest BCUT2D eigenvalue weighted by Gasteiger charge is 2.08. The van der Waals surface area contributed by atoms with Crippen LogP contribution >= 0.6 is 0 Å². The average molecular weight is 425 g/mol. The van der Waals surface area contributed by atoms with Gasteiger partial charge in [0.1, 0.15) is 24.0 Å². The third-order valence-corrected chi connectivity index (χ3v) is 5.18. The van der Waals surface area contributed by atoms with Gasteiger partial charge in [-0.1, -0.05) is 36.4 Å². The Morgan fingerprint density at radius 3 is 2.16 bits per heavy atom. The Bertz CT molecular complexity index is 1390. The Morgan fingerprint density at radius 1 is 0.812 bits per heavy atom. The maximum atomic E-state index is 12.6. The Labute approximate surface area is 184 Å². The minimum absolute atomic E-state index is 0.00672. The summed E-state index contributed by atoms with van der Waals surface area (Å²) in [6.07, 6.45) is 0. The molecule has 0 aliphatic heterocycles. The molecule has 0 bridgehead atoms. The summed E-state index contributed by atoms with van der Waals surface area (Å²) in [7, 11) is 0. The Balaban J connectivity index is 1.59. The van der Waals surface area contributed by atoms with Crippen molar-refractivity contribution >= 4 is 22.6 Å². The molecule has 7 heteroatoms. The Morgan fingerprint density at radius 2 is 1.47 bits per heavy atom. The van der Waals surface area contributed by atoms with Gasteiger partial charge in [-0.3, -0.25) is 15.6 Å². The zero-order valence-corrected chi connectivity index (χ0v) is 17.3. The van der Waals surface area contributed by atoms with E-state index in [0.717, 1.165) is 22.0 Å². The van der Waals surface area contributed by atoms with Crippen LogP contribution in [0.4, 0.5) is 0 Å². The highest BCUT2D eigenvalue weighted by atomic mass is 16.5. The van der Waals surface area contributed by atoms with E-state index in [9.17, 15) is 4.79 Å². The lowest BCUT2D eigenvalue weighted by Gasteiger charge is -2.13. The summed E-state index contributed by atoms with van der Waals surface area (Å²) >= 11 is 0. The zero-order valence-electron chi connectivity index (χ0n) is 17.3. The molecule has 0 radical (unpaired) electrons. The Hall–Kier alpha value is -4.39. The molecular formula is C25H23N5O2. The zero-order chi connectivity index (χ0) is 22.7. The van der Waals surface area contributed by atoms with Crippen molar-refractivity contribution in [3.63, 3.8) is 0 Å². The predicted molar refractivity (Wildman–Crippen MR) is 127 cm³/mol. The molecule has 32 heavy (non-hydrogen) atoms. The van der Waals surface area contributed by atoms with Crippen LogP contribution in [0, 0.1) is 10.8 Å². The summed E-state index contributed by atoms with van der Waals surface area (Å²) in [5.74, 6) is 0.687. The number of hydrogen-bond acceptors (Lipinski definition) is 4. The lowest BCUT2D eigenvalue weighted by molar-refractivity contribution is 0.306. The molecule has 1 aromatic heterocycles. The molecule has 0 unspecified atom stereocenters. The minimum atomic E-state index is -0.111. The monoisotopic (exact) mass is 425 g/mol. The number of fused-ring (bicyclic) bond motifs is 1. The molecule has 1 heterocycles. The molecule has 4 rings (SSSR count). The van der Waals surface area contributed by atoms with Crippen molar-refractivity contribution in [2.75, 3.05) is 0 Å². The van der Waals surface area contributed by atoms with Crippen molar-refractivity contribution in [1.29, 1.82) is 10.8 Å². The fourth-order valence-corrected chi connectivity index (χ4v) is 3.55. The van der Waals surface area contributed by atoms with Gasteiger partial charge in [0.05, 0.1) is 12.1 Å². The molecular weight excluding hydrogens is 402 g/mol. The van der Waals surface area contributed by atoms with Crippen molar-refractivity contribution in [2.24, 2.45) is 11.5 Å². The van der Waals surface area contributed by atoms with E-state index in [-0.39, 0.29) is 17.2 Å². The van der Waals surface area contributed by atoms with E-state index in [0.29, 0.717) is 30.0 Å². The Kier molecular flexibility index (Phi) is 5.72. The number of nitrogens with one attached hydrogen (secondary N) is 2. The smallest absolute Gasteiger partial charge is 0.251 e. The number of ether oxygens (including phenoxy) is 1. The molecule has 0 amide bonds. The van der Waals surface area contributed by atoms with Crippen molar-refractivity contribution in [3.8, 4) is 5.75 Å². The van der Waals surface area contributed by atoms with Crippen molar-refractivity contribution in [3.05, 3.63) is 111 Å². The van der Waals surface area contributed by atoms with Gasteiger partial charge in [-0.05, 0) is 47.5 Å². The summed E-state index contributed by atoms with van der Waals surface area (Å²) in [5.41, 5.74) is 14.9. The van der Waals surface area contributed by atoms with Gasteiger partial charge >= 0.3 is 0 Å². The highest BCUT2D eigenvalue weighted by Crippen LogP contribution is 2.22.